The van der Waals surface area contributed by atoms with E-state index in [1.54, 1.807) is 17.5 Å². The molecule has 1 amide bonds. The van der Waals surface area contributed by atoms with Gasteiger partial charge in [-0.15, -0.1) is 11.3 Å². The highest BCUT2D eigenvalue weighted by molar-refractivity contribution is 7.09. The van der Waals surface area contributed by atoms with Gasteiger partial charge in [-0.25, -0.2) is 4.98 Å². The molecular formula is C12H21N3OS. The third-order valence-electron chi connectivity index (χ3n) is 2.58. The van der Waals surface area contributed by atoms with E-state index >= 15 is 0 Å². The molecule has 0 bridgehead atoms. The van der Waals surface area contributed by atoms with E-state index in [0.29, 0.717) is 0 Å². The first-order valence-corrected chi connectivity index (χ1v) is 6.65. The first kappa shape index (κ1) is 14.1. The lowest BCUT2D eigenvalue weighted by atomic mass is 10.00. The largest absolute Gasteiger partial charge is 0.343 e. The molecule has 4 nitrogen and oxygen atoms in total. The van der Waals surface area contributed by atoms with Gasteiger partial charge < -0.3 is 10.6 Å². The van der Waals surface area contributed by atoms with Crippen molar-refractivity contribution in [3.05, 3.63) is 16.6 Å². The summed E-state index contributed by atoms with van der Waals surface area (Å²) in [6.45, 7) is 10.4. The third-order valence-corrected chi connectivity index (χ3v) is 3.68. The Morgan fingerprint density at radius 2 is 2.06 bits per heavy atom. The summed E-state index contributed by atoms with van der Waals surface area (Å²) in [5, 5.41) is 9.02. The number of carbonyl (C=O) groups excluding carboxylic acids is 1. The Hall–Kier alpha value is -0.940. The molecule has 0 aromatic carbocycles. The molecule has 0 fully saturated rings. The minimum atomic E-state index is -0.566. The summed E-state index contributed by atoms with van der Waals surface area (Å²) in [6, 6.07) is 0. The van der Waals surface area contributed by atoms with E-state index in [9.17, 15) is 4.79 Å². The van der Waals surface area contributed by atoms with Crippen LogP contribution in [0.25, 0.3) is 0 Å². The van der Waals surface area contributed by atoms with Crippen molar-refractivity contribution in [3.63, 3.8) is 0 Å². The fourth-order valence-corrected chi connectivity index (χ4v) is 2.27. The highest BCUT2D eigenvalue weighted by Crippen LogP contribution is 2.22. The Bertz CT molecular complexity index is 371. The minimum Gasteiger partial charge on any atom is -0.343 e. The normalized spacial score (nSPS) is 12.5. The molecule has 1 aromatic rings. The molecule has 17 heavy (non-hydrogen) atoms. The maximum Gasteiger partial charge on any atom is 0.240 e. The van der Waals surface area contributed by atoms with Crippen LogP contribution in [0.3, 0.4) is 0 Å². The Kier molecular flexibility index (Phi) is 4.27. The highest BCUT2D eigenvalue weighted by atomic mass is 32.1. The van der Waals surface area contributed by atoms with E-state index in [1.807, 2.05) is 40.0 Å². The van der Waals surface area contributed by atoms with Crippen LogP contribution in [0, 0.1) is 0 Å². The van der Waals surface area contributed by atoms with E-state index < -0.39 is 11.1 Å². The summed E-state index contributed by atoms with van der Waals surface area (Å²) in [4.78, 5) is 16.4. The number of amides is 1. The zero-order valence-electron chi connectivity index (χ0n) is 11.1. The summed E-state index contributed by atoms with van der Waals surface area (Å²) < 4.78 is 0. The van der Waals surface area contributed by atoms with Crippen LogP contribution in [-0.4, -0.2) is 23.0 Å². The number of likely N-dealkylation sites (N-methyl/N-ethyl adjacent to an activating group) is 1. The first-order chi connectivity index (χ1) is 7.79. The predicted octanol–water partition coefficient (Wildman–Crippen LogP) is 1.88. The van der Waals surface area contributed by atoms with Crippen molar-refractivity contribution in [2.24, 2.45) is 0 Å². The highest BCUT2D eigenvalue weighted by Gasteiger charge is 2.33. The first-order valence-electron chi connectivity index (χ1n) is 5.77. The molecule has 5 heteroatoms. The van der Waals surface area contributed by atoms with E-state index in [0.717, 1.165) is 11.6 Å². The van der Waals surface area contributed by atoms with Crippen LogP contribution < -0.4 is 10.6 Å². The molecule has 2 N–H and O–H groups in total. The monoisotopic (exact) mass is 255 g/mol. The van der Waals surface area contributed by atoms with E-state index in [2.05, 4.69) is 15.6 Å². The number of carbonyl (C=O) groups is 1. The number of aromatic nitrogens is 1. The maximum atomic E-state index is 12.2. The number of rotatable bonds is 5. The van der Waals surface area contributed by atoms with Gasteiger partial charge in [-0.05, 0) is 34.2 Å². The molecule has 0 saturated carbocycles. The molecular weight excluding hydrogens is 234 g/mol. The molecule has 1 rings (SSSR count). The van der Waals surface area contributed by atoms with Crippen molar-refractivity contribution in [3.8, 4) is 0 Å². The van der Waals surface area contributed by atoms with E-state index in [-0.39, 0.29) is 5.91 Å². The summed E-state index contributed by atoms with van der Waals surface area (Å²) in [6.07, 6.45) is 1.75. The van der Waals surface area contributed by atoms with Crippen molar-refractivity contribution < 1.29 is 4.79 Å². The second-order valence-electron chi connectivity index (χ2n) is 5.07. The number of hydrogen-bond acceptors (Lipinski definition) is 4. The molecule has 0 atom stereocenters. The van der Waals surface area contributed by atoms with Gasteiger partial charge in [-0.2, -0.15) is 0 Å². The summed E-state index contributed by atoms with van der Waals surface area (Å²) in [5.41, 5.74) is -0.999. The van der Waals surface area contributed by atoms with Crippen molar-refractivity contribution in [1.29, 1.82) is 0 Å². The molecule has 0 aliphatic rings. The van der Waals surface area contributed by atoms with Crippen LogP contribution in [0.2, 0.25) is 0 Å². The fourth-order valence-electron chi connectivity index (χ4n) is 1.55. The van der Waals surface area contributed by atoms with Crippen molar-refractivity contribution >= 4 is 17.2 Å². The molecule has 1 aromatic heterocycles. The van der Waals surface area contributed by atoms with Crippen LogP contribution >= 0.6 is 11.3 Å². The van der Waals surface area contributed by atoms with Crippen LogP contribution in [-0.2, 0) is 10.3 Å². The molecule has 1 heterocycles. The molecule has 0 aliphatic carbocycles. The van der Waals surface area contributed by atoms with Crippen molar-refractivity contribution in [2.45, 2.75) is 45.7 Å². The van der Waals surface area contributed by atoms with Gasteiger partial charge in [0.1, 0.15) is 5.01 Å². The molecule has 0 spiro atoms. The average Bonchev–Trinajstić information content (AvgIpc) is 2.69. The van der Waals surface area contributed by atoms with E-state index in [1.165, 1.54) is 0 Å². The van der Waals surface area contributed by atoms with Gasteiger partial charge in [0.15, 0.2) is 0 Å². The van der Waals surface area contributed by atoms with Crippen molar-refractivity contribution in [2.75, 3.05) is 6.54 Å². The smallest absolute Gasteiger partial charge is 0.240 e. The number of thiazole rings is 1. The predicted molar refractivity (Wildman–Crippen MR) is 71.0 cm³/mol. The van der Waals surface area contributed by atoms with Crippen LogP contribution in [0.4, 0.5) is 0 Å². The Morgan fingerprint density at radius 3 is 2.53 bits per heavy atom. The van der Waals surface area contributed by atoms with Crippen molar-refractivity contribution in [1.82, 2.24) is 15.6 Å². The zero-order valence-corrected chi connectivity index (χ0v) is 11.9. The maximum absolute atomic E-state index is 12.2. The average molecular weight is 255 g/mol. The van der Waals surface area contributed by atoms with Gasteiger partial charge in [0, 0.05) is 11.6 Å². The summed E-state index contributed by atoms with van der Waals surface area (Å²) in [7, 11) is 0. The lowest BCUT2D eigenvalue weighted by molar-refractivity contribution is -0.128. The Morgan fingerprint density at radius 1 is 1.41 bits per heavy atom. The Balaban J connectivity index is 2.75. The van der Waals surface area contributed by atoms with Gasteiger partial charge in [-0.1, -0.05) is 6.92 Å². The van der Waals surface area contributed by atoms with E-state index in [4.69, 9.17) is 0 Å². The topological polar surface area (TPSA) is 54.0 Å². The quantitative estimate of drug-likeness (QED) is 0.844. The standard InChI is InChI=1S/C12H21N3OS/c1-6-14-11(2,3)9(16)15-12(4,5)10-13-7-8-17-10/h7-8,14H,6H2,1-5H3,(H,15,16). The zero-order chi connectivity index (χ0) is 13.1. The summed E-state index contributed by atoms with van der Waals surface area (Å²) >= 11 is 1.55. The second kappa shape index (κ2) is 5.14. The fraction of sp³-hybridized carbons (Fsp3) is 0.667. The van der Waals surface area contributed by atoms with Crippen LogP contribution in [0.1, 0.15) is 39.6 Å². The number of hydrogen-bond donors (Lipinski definition) is 2. The lowest BCUT2D eigenvalue weighted by Crippen LogP contribution is -2.56. The van der Waals surface area contributed by atoms with Gasteiger partial charge in [0.05, 0.1) is 11.1 Å². The lowest BCUT2D eigenvalue weighted by Gasteiger charge is -2.31. The molecule has 0 saturated heterocycles. The number of nitrogens with zero attached hydrogens (tertiary/aromatic N) is 1. The SMILES string of the molecule is CCNC(C)(C)C(=O)NC(C)(C)c1nccs1. The minimum absolute atomic E-state index is 0.0143. The van der Waals surface area contributed by atoms with Crippen LogP contribution in [0.5, 0.6) is 0 Å². The second-order valence-corrected chi connectivity index (χ2v) is 5.97. The molecule has 96 valence electrons. The van der Waals surface area contributed by atoms with Gasteiger partial charge >= 0.3 is 0 Å². The van der Waals surface area contributed by atoms with Gasteiger partial charge in [0.25, 0.3) is 0 Å². The molecule has 0 aliphatic heterocycles. The molecule has 0 radical (unpaired) electrons. The van der Waals surface area contributed by atoms with Crippen LogP contribution in [0.15, 0.2) is 11.6 Å². The van der Waals surface area contributed by atoms with Gasteiger partial charge in [0.2, 0.25) is 5.91 Å². The third kappa shape index (κ3) is 3.51. The van der Waals surface area contributed by atoms with Gasteiger partial charge in [-0.3, -0.25) is 4.79 Å². The Labute approximate surface area is 107 Å². The number of nitrogens with one attached hydrogen (secondary N) is 2. The molecule has 0 unspecified atom stereocenters. The summed E-state index contributed by atoms with van der Waals surface area (Å²) in [5.74, 6) is -0.0143.